The number of carboxylic acids is 1. The van der Waals surface area contributed by atoms with Crippen LogP contribution in [0.1, 0.15) is 32.8 Å². The summed E-state index contributed by atoms with van der Waals surface area (Å²) < 4.78 is 6.04. The van der Waals surface area contributed by atoms with E-state index in [1.165, 1.54) is 0 Å². The lowest BCUT2D eigenvalue weighted by Gasteiger charge is -2.40. The molecule has 0 radical (unpaired) electrons. The third-order valence-corrected chi connectivity index (χ3v) is 3.87. The number of hydrogen-bond acceptors (Lipinski definition) is 3. The lowest BCUT2D eigenvalue weighted by atomic mass is 10.0. The summed E-state index contributed by atoms with van der Waals surface area (Å²) in [7, 11) is 0. The van der Waals surface area contributed by atoms with Crippen molar-refractivity contribution in [3.8, 4) is 5.75 Å². The molecular weight excluding hydrogens is 254 g/mol. The van der Waals surface area contributed by atoms with Gasteiger partial charge in [-0.3, -0.25) is 0 Å². The molecule has 110 valence electrons. The molecule has 1 heterocycles. The van der Waals surface area contributed by atoms with Crippen molar-refractivity contribution >= 4 is 11.7 Å². The van der Waals surface area contributed by atoms with E-state index in [1.807, 2.05) is 36.9 Å². The lowest BCUT2D eigenvalue weighted by molar-refractivity contribution is -0.138. The van der Waals surface area contributed by atoms with E-state index in [2.05, 4.69) is 13.8 Å². The summed E-state index contributed by atoms with van der Waals surface area (Å²) in [6.45, 7) is 8.75. The molecule has 1 aromatic carbocycles. The zero-order chi connectivity index (χ0) is 14.9. The Kier molecular flexibility index (Phi) is 4.21. The highest BCUT2D eigenvalue weighted by Gasteiger charge is 2.34. The maximum absolute atomic E-state index is 11.5. The number of anilines is 1. The van der Waals surface area contributed by atoms with Gasteiger partial charge in [0.1, 0.15) is 17.9 Å². The normalized spacial score (nSPS) is 19.4. The van der Waals surface area contributed by atoms with Crippen LogP contribution in [0, 0.1) is 12.8 Å². The Morgan fingerprint density at radius 1 is 1.50 bits per heavy atom. The number of fused-ring (bicyclic) bond motifs is 1. The molecule has 0 amide bonds. The van der Waals surface area contributed by atoms with E-state index in [4.69, 9.17) is 4.74 Å². The molecule has 2 rings (SSSR count). The Balaban J connectivity index is 2.43. The van der Waals surface area contributed by atoms with Crippen molar-refractivity contribution in [2.24, 2.45) is 5.92 Å². The molecule has 2 atom stereocenters. The molecule has 0 saturated carbocycles. The smallest absolute Gasteiger partial charge is 0.326 e. The minimum absolute atomic E-state index is 0.0256. The molecule has 0 bridgehead atoms. The van der Waals surface area contributed by atoms with Crippen LogP contribution in [0.5, 0.6) is 5.75 Å². The van der Waals surface area contributed by atoms with Crippen LogP contribution in [0.15, 0.2) is 18.2 Å². The van der Waals surface area contributed by atoms with E-state index >= 15 is 0 Å². The second-order valence-corrected chi connectivity index (χ2v) is 5.79. The lowest BCUT2D eigenvalue weighted by Crippen LogP contribution is -2.50. The van der Waals surface area contributed by atoms with E-state index < -0.39 is 12.0 Å². The first-order chi connectivity index (χ1) is 9.43. The number of benzene rings is 1. The van der Waals surface area contributed by atoms with Crippen LogP contribution in [0.4, 0.5) is 5.69 Å². The summed E-state index contributed by atoms with van der Waals surface area (Å²) in [6, 6.07) is 5.46. The van der Waals surface area contributed by atoms with Gasteiger partial charge in [-0.2, -0.15) is 0 Å². The number of rotatable bonds is 4. The van der Waals surface area contributed by atoms with Gasteiger partial charge in [0.05, 0.1) is 12.2 Å². The Morgan fingerprint density at radius 2 is 2.20 bits per heavy atom. The van der Waals surface area contributed by atoms with E-state index in [1.54, 1.807) is 0 Å². The monoisotopic (exact) mass is 277 g/mol. The fourth-order valence-electron chi connectivity index (χ4n) is 2.62. The summed E-state index contributed by atoms with van der Waals surface area (Å²) in [5, 5.41) is 9.45. The quantitative estimate of drug-likeness (QED) is 0.919. The highest BCUT2D eigenvalue weighted by molar-refractivity contribution is 5.79. The Labute approximate surface area is 120 Å². The van der Waals surface area contributed by atoms with Crippen molar-refractivity contribution in [3.63, 3.8) is 0 Å². The van der Waals surface area contributed by atoms with Gasteiger partial charge in [-0.15, -0.1) is 0 Å². The molecule has 0 fully saturated rings. The van der Waals surface area contributed by atoms with E-state index in [0.717, 1.165) is 17.0 Å². The summed E-state index contributed by atoms with van der Waals surface area (Å²) >= 11 is 0. The number of aryl methyl sites for hydroxylation is 1. The first-order valence-corrected chi connectivity index (χ1v) is 7.20. The molecule has 1 aliphatic heterocycles. The first-order valence-electron chi connectivity index (χ1n) is 7.20. The highest BCUT2D eigenvalue weighted by Crippen LogP contribution is 2.37. The van der Waals surface area contributed by atoms with Gasteiger partial charge in [0, 0.05) is 0 Å². The van der Waals surface area contributed by atoms with Crippen molar-refractivity contribution in [2.75, 3.05) is 11.4 Å². The van der Waals surface area contributed by atoms with Crippen LogP contribution in [0.25, 0.3) is 0 Å². The first kappa shape index (κ1) is 14.7. The minimum atomic E-state index is -0.775. The minimum Gasteiger partial charge on any atom is -0.486 e. The number of carbonyl (C=O) groups is 1. The van der Waals surface area contributed by atoms with Crippen molar-refractivity contribution in [1.82, 2.24) is 0 Å². The number of hydrogen-bond donors (Lipinski definition) is 1. The second-order valence-electron chi connectivity index (χ2n) is 5.79. The van der Waals surface area contributed by atoms with Crippen LogP contribution < -0.4 is 9.64 Å². The topological polar surface area (TPSA) is 49.8 Å². The van der Waals surface area contributed by atoms with Crippen molar-refractivity contribution in [3.05, 3.63) is 23.8 Å². The van der Waals surface area contributed by atoms with Gasteiger partial charge in [0.25, 0.3) is 0 Å². The molecule has 0 saturated heterocycles. The van der Waals surface area contributed by atoms with Crippen molar-refractivity contribution < 1.29 is 14.6 Å². The van der Waals surface area contributed by atoms with Gasteiger partial charge in [-0.25, -0.2) is 4.79 Å². The molecular formula is C16H23NO3. The Hall–Kier alpha value is -1.71. The van der Waals surface area contributed by atoms with Crippen LogP contribution in [0.2, 0.25) is 0 Å². The SMILES string of the molecule is CCC(C(=O)O)N1CC(C(C)C)Oc2cc(C)ccc21. The van der Waals surface area contributed by atoms with Crippen molar-refractivity contribution in [1.29, 1.82) is 0 Å². The average Bonchev–Trinajstić information content (AvgIpc) is 2.38. The standard InChI is InChI=1S/C16H23NO3/c1-5-12(16(18)19)17-9-15(10(2)3)20-14-8-11(4)6-7-13(14)17/h6-8,10,12,15H,5,9H2,1-4H3,(H,18,19). The summed E-state index contributed by atoms with van der Waals surface area (Å²) in [5.41, 5.74) is 2.01. The number of ether oxygens (including phenoxy) is 1. The Morgan fingerprint density at radius 3 is 2.75 bits per heavy atom. The summed E-state index contributed by atoms with van der Waals surface area (Å²) in [5.74, 6) is 0.371. The average molecular weight is 277 g/mol. The molecule has 2 unspecified atom stereocenters. The molecule has 20 heavy (non-hydrogen) atoms. The molecule has 1 aromatic rings. The van der Waals surface area contributed by atoms with E-state index in [-0.39, 0.29) is 6.10 Å². The van der Waals surface area contributed by atoms with E-state index in [9.17, 15) is 9.90 Å². The van der Waals surface area contributed by atoms with Gasteiger partial charge < -0.3 is 14.7 Å². The molecule has 1 N–H and O–H groups in total. The maximum Gasteiger partial charge on any atom is 0.326 e. The van der Waals surface area contributed by atoms with Crippen LogP contribution in [-0.2, 0) is 4.79 Å². The van der Waals surface area contributed by atoms with Gasteiger partial charge in [0.15, 0.2) is 0 Å². The summed E-state index contributed by atoms with van der Waals surface area (Å²) in [4.78, 5) is 13.5. The fourth-order valence-corrected chi connectivity index (χ4v) is 2.62. The zero-order valence-corrected chi connectivity index (χ0v) is 12.6. The number of aliphatic carboxylic acids is 1. The second kappa shape index (κ2) is 5.73. The van der Waals surface area contributed by atoms with Gasteiger partial charge in [-0.05, 0) is 37.0 Å². The molecule has 0 aromatic heterocycles. The van der Waals surface area contributed by atoms with Gasteiger partial charge >= 0.3 is 5.97 Å². The van der Waals surface area contributed by atoms with Gasteiger partial charge in [-0.1, -0.05) is 26.8 Å². The molecule has 1 aliphatic rings. The van der Waals surface area contributed by atoms with E-state index in [0.29, 0.717) is 18.9 Å². The largest absolute Gasteiger partial charge is 0.486 e. The number of nitrogens with zero attached hydrogens (tertiary/aromatic N) is 1. The van der Waals surface area contributed by atoms with Gasteiger partial charge in [0.2, 0.25) is 0 Å². The molecule has 0 spiro atoms. The Bertz CT molecular complexity index is 498. The number of carboxylic acid groups (broad SMARTS) is 1. The zero-order valence-electron chi connectivity index (χ0n) is 12.6. The third-order valence-electron chi connectivity index (χ3n) is 3.87. The van der Waals surface area contributed by atoms with Crippen molar-refractivity contribution in [2.45, 2.75) is 46.3 Å². The third kappa shape index (κ3) is 2.74. The van der Waals surface area contributed by atoms with Crippen LogP contribution in [0.3, 0.4) is 0 Å². The predicted molar refractivity (Wildman–Crippen MR) is 79.5 cm³/mol. The fraction of sp³-hybridized carbons (Fsp3) is 0.562. The molecule has 0 aliphatic carbocycles. The summed E-state index contributed by atoms with van der Waals surface area (Å²) in [6.07, 6.45) is 0.602. The van der Waals surface area contributed by atoms with Crippen LogP contribution >= 0.6 is 0 Å². The molecule has 4 nitrogen and oxygen atoms in total. The predicted octanol–water partition coefficient (Wildman–Crippen LogP) is 3.08. The highest BCUT2D eigenvalue weighted by atomic mass is 16.5. The maximum atomic E-state index is 11.5. The van der Waals surface area contributed by atoms with Crippen LogP contribution in [-0.4, -0.2) is 29.8 Å². The molecule has 4 heteroatoms.